The molecule has 0 atom stereocenters. The van der Waals surface area contributed by atoms with E-state index in [9.17, 15) is 13.2 Å². The highest BCUT2D eigenvalue weighted by molar-refractivity contribution is 7.89. The summed E-state index contributed by atoms with van der Waals surface area (Å²) in [7, 11) is -2.21. The fourth-order valence-electron chi connectivity index (χ4n) is 3.34. The second-order valence-corrected chi connectivity index (χ2v) is 9.48. The molecule has 0 saturated heterocycles. The fraction of sp³-hybridized carbons (Fsp3) is 0.190. The molecule has 1 N–H and O–H groups in total. The van der Waals surface area contributed by atoms with Gasteiger partial charge in [0.15, 0.2) is 0 Å². The first-order valence-corrected chi connectivity index (χ1v) is 11.4. The van der Waals surface area contributed by atoms with E-state index in [1.54, 1.807) is 36.8 Å². The molecule has 4 rings (SSSR count). The highest BCUT2D eigenvalue weighted by Gasteiger charge is 2.32. The lowest BCUT2D eigenvalue weighted by Gasteiger charge is -2.28. The van der Waals surface area contributed by atoms with Crippen molar-refractivity contribution in [1.29, 1.82) is 0 Å². The van der Waals surface area contributed by atoms with Crippen LogP contribution in [0.5, 0.6) is 5.75 Å². The first kappa shape index (κ1) is 19.6. The van der Waals surface area contributed by atoms with Gasteiger partial charge in [0.1, 0.15) is 15.5 Å². The second-order valence-electron chi connectivity index (χ2n) is 6.65. The maximum Gasteiger partial charge on any atom is 0.267 e. The summed E-state index contributed by atoms with van der Waals surface area (Å²) in [6.45, 7) is 0.711. The van der Waals surface area contributed by atoms with Gasteiger partial charge in [-0.1, -0.05) is 24.3 Å². The number of nitrogens with zero attached hydrogens (tertiary/aromatic N) is 1. The van der Waals surface area contributed by atoms with Crippen molar-refractivity contribution in [2.75, 3.05) is 19.0 Å². The number of benzene rings is 2. The Morgan fingerprint density at radius 3 is 2.52 bits per heavy atom. The summed E-state index contributed by atoms with van der Waals surface area (Å²) in [5.74, 6) is 0.230. The summed E-state index contributed by atoms with van der Waals surface area (Å²) in [6.07, 6.45) is 0.660. The number of amides is 1. The summed E-state index contributed by atoms with van der Waals surface area (Å²) >= 11 is 1.12. The van der Waals surface area contributed by atoms with Crippen LogP contribution in [0.2, 0.25) is 0 Å². The average molecular weight is 429 g/mol. The lowest BCUT2D eigenvalue weighted by atomic mass is 10.0. The second kappa shape index (κ2) is 7.98. The van der Waals surface area contributed by atoms with Gasteiger partial charge in [0.2, 0.25) is 10.0 Å². The maximum absolute atomic E-state index is 13.3. The van der Waals surface area contributed by atoms with Gasteiger partial charge < -0.3 is 10.1 Å². The number of hydrogen-bond acceptors (Lipinski definition) is 5. The van der Waals surface area contributed by atoms with Crippen molar-refractivity contribution in [2.24, 2.45) is 0 Å². The summed E-state index contributed by atoms with van der Waals surface area (Å²) < 4.78 is 33.1. The molecule has 0 radical (unpaired) electrons. The van der Waals surface area contributed by atoms with Crippen molar-refractivity contribution in [3.05, 3.63) is 76.0 Å². The highest BCUT2D eigenvalue weighted by atomic mass is 32.2. The molecule has 8 heteroatoms. The largest absolute Gasteiger partial charge is 0.497 e. The number of sulfonamides is 1. The van der Waals surface area contributed by atoms with Crippen molar-refractivity contribution >= 4 is 33.0 Å². The molecule has 2 aromatic carbocycles. The van der Waals surface area contributed by atoms with E-state index in [0.29, 0.717) is 30.9 Å². The van der Waals surface area contributed by atoms with Crippen LogP contribution in [0.15, 0.2) is 64.9 Å². The summed E-state index contributed by atoms with van der Waals surface area (Å²) in [5, 5.41) is 4.39. The third-order valence-corrected chi connectivity index (χ3v) is 7.83. The minimum Gasteiger partial charge on any atom is -0.497 e. The molecule has 29 heavy (non-hydrogen) atoms. The van der Waals surface area contributed by atoms with Gasteiger partial charge in [-0.3, -0.25) is 4.79 Å². The van der Waals surface area contributed by atoms with Crippen molar-refractivity contribution in [3.8, 4) is 5.75 Å². The van der Waals surface area contributed by atoms with E-state index in [1.807, 2.05) is 24.3 Å². The minimum absolute atomic E-state index is 0.0490. The first-order chi connectivity index (χ1) is 14.0. The Morgan fingerprint density at radius 1 is 1.07 bits per heavy atom. The van der Waals surface area contributed by atoms with Crippen LogP contribution in [0.25, 0.3) is 0 Å². The molecule has 1 amide bonds. The Labute approximate surface area is 173 Å². The van der Waals surface area contributed by atoms with Crippen LogP contribution in [0.4, 0.5) is 5.69 Å². The smallest absolute Gasteiger partial charge is 0.267 e. The highest BCUT2D eigenvalue weighted by Crippen LogP contribution is 2.30. The van der Waals surface area contributed by atoms with E-state index in [-0.39, 0.29) is 9.77 Å². The van der Waals surface area contributed by atoms with Crippen LogP contribution in [0.3, 0.4) is 0 Å². The Balaban J connectivity index is 1.57. The third kappa shape index (κ3) is 3.91. The van der Waals surface area contributed by atoms with Gasteiger partial charge in [-0.2, -0.15) is 4.31 Å². The van der Waals surface area contributed by atoms with Crippen molar-refractivity contribution < 1.29 is 17.9 Å². The minimum atomic E-state index is -3.78. The van der Waals surface area contributed by atoms with Crippen molar-refractivity contribution in [2.45, 2.75) is 17.9 Å². The van der Waals surface area contributed by atoms with Gasteiger partial charge in [0.25, 0.3) is 5.91 Å². The fourth-order valence-corrected chi connectivity index (χ4v) is 6.06. The monoisotopic (exact) mass is 428 g/mol. The molecular weight excluding hydrogens is 408 g/mol. The number of carbonyl (C=O) groups is 1. The quantitative estimate of drug-likeness (QED) is 0.671. The third-order valence-electron chi connectivity index (χ3n) is 4.90. The normalized spacial score (nSPS) is 14.2. The molecule has 0 unspecified atom stereocenters. The molecule has 6 nitrogen and oxygen atoms in total. The Bertz CT molecular complexity index is 1140. The molecule has 150 valence electrons. The molecule has 0 saturated carbocycles. The summed E-state index contributed by atoms with van der Waals surface area (Å²) in [4.78, 5) is 13.0. The van der Waals surface area contributed by atoms with E-state index in [4.69, 9.17) is 4.74 Å². The zero-order valence-corrected chi connectivity index (χ0v) is 17.4. The van der Waals surface area contributed by atoms with Gasteiger partial charge >= 0.3 is 0 Å². The molecule has 2 heterocycles. The molecular formula is C21H20N2O4S2. The van der Waals surface area contributed by atoms with Crippen LogP contribution < -0.4 is 10.1 Å². The number of ether oxygens (including phenoxy) is 1. The molecule has 0 spiro atoms. The van der Waals surface area contributed by atoms with Crippen molar-refractivity contribution in [3.63, 3.8) is 0 Å². The van der Waals surface area contributed by atoms with Crippen LogP contribution in [-0.4, -0.2) is 32.3 Å². The zero-order chi connectivity index (χ0) is 20.4. The van der Waals surface area contributed by atoms with Crippen LogP contribution in [-0.2, 0) is 23.0 Å². The lowest BCUT2D eigenvalue weighted by Crippen LogP contribution is -2.36. The summed E-state index contributed by atoms with van der Waals surface area (Å²) in [5.41, 5.74) is 2.74. The van der Waals surface area contributed by atoms with Gasteiger partial charge in [-0.25, -0.2) is 8.42 Å². The number of fused-ring (bicyclic) bond motifs is 1. The van der Waals surface area contributed by atoms with Gasteiger partial charge in [0.05, 0.1) is 7.11 Å². The number of nitrogens with one attached hydrogen (secondary N) is 1. The molecule has 0 aliphatic carbocycles. The topological polar surface area (TPSA) is 75.7 Å². The van der Waals surface area contributed by atoms with Crippen LogP contribution >= 0.6 is 11.3 Å². The Kier molecular flexibility index (Phi) is 5.40. The Morgan fingerprint density at radius 2 is 1.79 bits per heavy atom. The van der Waals surface area contributed by atoms with E-state index < -0.39 is 15.9 Å². The maximum atomic E-state index is 13.3. The molecule has 1 aromatic heterocycles. The molecule has 1 aliphatic rings. The number of carbonyl (C=O) groups excluding carboxylic acids is 1. The zero-order valence-electron chi connectivity index (χ0n) is 15.8. The molecule has 0 fully saturated rings. The van der Waals surface area contributed by atoms with E-state index >= 15 is 0 Å². The van der Waals surface area contributed by atoms with Crippen molar-refractivity contribution in [1.82, 2.24) is 4.31 Å². The first-order valence-electron chi connectivity index (χ1n) is 9.09. The van der Waals surface area contributed by atoms with E-state index in [1.165, 1.54) is 15.9 Å². The summed E-state index contributed by atoms with van der Waals surface area (Å²) in [6, 6.07) is 16.2. The molecule has 1 aliphatic heterocycles. The number of methoxy groups -OCH3 is 1. The van der Waals surface area contributed by atoms with E-state index in [0.717, 1.165) is 16.9 Å². The molecule has 0 bridgehead atoms. The standard InChI is InChI=1S/C21H20N2O4S2/c1-27-18-8-6-17(7-9-18)22-21(24)20-19(11-13-28-20)29(25,26)23-12-10-15-4-2-3-5-16(15)14-23/h2-9,11,13H,10,12,14H2,1H3,(H,22,24). The molecule has 3 aromatic rings. The predicted octanol–water partition coefficient (Wildman–Crippen LogP) is 3.76. The number of hydrogen-bond donors (Lipinski definition) is 1. The van der Waals surface area contributed by atoms with Gasteiger partial charge in [0, 0.05) is 18.8 Å². The van der Waals surface area contributed by atoms with Gasteiger partial charge in [-0.15, -0.1) is 11.3 Å². The predicted molar refractivity (Wildman–Crippen MR) is 113 cm³/mol. The van der Waals surface area contributed by atoms with E-state index in [2.05, 4.69) is 5.32 Å². The number of thiophene rings is 1. The van der Waals surface area contributed by atoms with Gasteiger partial charge in [-0.05, 0) is 53.3 Å². The lowest BCUT2D eigenvalue weighted by molar-refractivity contribution is 0.102. The number of rotatable bonds is 5. The van der Waals surface area contributed by atoms with Crippen LogP contribution in [0.1, 0.15) is 20.8 Å². The average Bonchev–Trinajstić information content (AvgIpc) is 3.25. The van der Waals surface area contributed by atoms with Crippen LogP contribution in [0, 0.1) is 0 Å². The Hall–Kier alpha value is -2.68. The SMILES string of the molecule is COc1ccc(NC(=O)c2sccc2S(=O)(=O)N2CCc3ccccc3C2)cc1. The number of anilines is 1.